The average Bonchev–Trinajstić information content (AvgIpc) is 3.46. The van der Waals surface area contributed by atoms with Crippen LogP contribution in [0.2, 0.25) is 5.02 Å². The zero-order valence-corrected chi connectivity index (χ0v) is 22.0. The van der Waals surface area contributed by atoms with E-state index in [0.717, 1.165) is 27.6 Å². The Labute approximate surface area is 216 Å². The lowest BCUT2D eigenvalue weighted by Gasteiger charge is -2.30. The number of amides is 1. The van der Waals surface area contributed by atoms with Gasteiger partial charge in [-0.25, -0.2) is 0 Å². The molecule has 36 heavy (non-hydrogen) atoms. The van der Waals surface area contributed by atoms with Gasteiger partial charge in [-0.05, 0) is 55.2 Å². The van der Waals surface area contributed by atoms with Crippen LogP contribution in [0.3, 0.4) is 0 Å². The van der Waals surface area contributed by atoms with Crippen LogP contribution >= 0.6 is 11.6 Å². The van der Waals surface area contributed by atoms with E-state index in [-0.39, 0.29) is 11.9 Å². The van der Waals surface area contributed by atoms with E-state index in [4.69, 9.17) is 25.8 Å². The van der Waals surface area contributed by atoms with E-state index in [2.05, 4.69) is 5.32 Å². The summed E-state index contributed by atoms with van der Waals surface area (Å²) in [6.45, 7) is 5.47. The highest BCUT2D eigenvalue weighted by Crippen LogP contribution is 2.34. The molecule has 0 aliphatic carbocycles. The van der Waals surface area contributed by atoms with Gasteiger partial charge in [-0.3, -0.25) is 9.59 Å². The van der Waals surface area contributed by atoms with Crippen molar-refractivity contribution >= 4 is 34.4 Å². The van der Waals surface area contributed by atoms with Crippen molar-refractivity contribution in [2.24, 2.45) is 7.05 Å². The number of halogens is 1. The van der Waals surface area contributed by atoms with Gasteiger partial charge in [0.15, 0.2) is 0 Å². The minimum absolute atomic E-state index is 0.193. The Morgan fingerprint density at radius 1 is 1.22 bits per heavy atom. The summed E-state index contributed by atoms with van der Waals surface area (Å²) in [6.07, 6.45) is 1.18. The fraction of sp³-hybridized carbons (Fsp3) is 0.429. The zero-order chi connectivity index (χ0) is 25.9. The van der Waals surface area contributed by atoms with E-state index in [0.29, 0.717) is 50.0 Å². The molecule has 4 rings (SSSR count). The van der Waals surface area contributed by atoms with Gasteiger partial charge in [0.05, 0.1) is 35.2 Å². The van der Waals surface area contributed by atoms with Crippen molar-refractivity contribution in [1.29, 1.82) is 0 Å². The normalized spacial score (nSPS) is 18.4. The molecule has 1 N–H and O–H groups in total. The van der Waals surface area contributed by atoms with Crippen molar-refractivity contribution in [3.63, 3.8) is 0 Å². The van der Waals surface area contributed by atoms with Crippen molar-refractivity contribution < 1.29 is 23.8 Å². The van der Waals surface area contributed by atoms with Crippen LogP contribution < -0.4 is 5.32 Å². The highest BCUT2D eigenvalue weighted by molar-refractivity contribution is 6.35. The Bertz CT molecular complexity index is 1250. The third-order valence-corrected chi connectivity index (χ3v) is 7.22. The number of esters is 1. The van der Waals surface area contributed by atoms with Crippen molar-refractivity contribution in [2.45, 2.75) is 38.1 Å². The van der Waals surface area contributed by atoms with E-state index < -0.39 is 11.5 Å². The van der Waals surface area contributed by atoms with Gasteiger partial charge in [0.1, 0.15) is 5.69 Å². The average molecular weight is 513 g/mol. The first-order valence-corrected chi connectivity index (χ1v) is 12.6. The molecule has 1 saturated heterocycles. The first kappa shape index (κ1) is 26.2. The van der Waals surface area contributed by atoms with Crippen LogP contribution in [0.5, 0.6) is 0 Å². The molecule has 8 heteroatoms. The van der Waals surface area contributed by atoms with Gasteiger partial charge in [-0.1, -0.05) is 35.9 Å². The number of hydrogen-bond acceptors (Lipinski definition) is 5. The van der Waals surface area contributed by atoms with E-state index in [9.17, 15) is 9.59 Å². The lowest BCUT2D eigenvalue weighted by molar-refractivity contribution is -0.145. The van der Waals surface area contributed by atoms with Crippen LogP contribution in [-0.2, 0) is 31.6 Å². The highest BCUT2D eigenvalue weighted by Gasteiger charge is 2.39. The number of rotatable bonds is 9. The molecule has 1 aliphatic heterocycles. The monoisotopic (exact) mass is 512 g/mol. The summed E-state index contributed by atoms with van der Waals surface area (Å²) in [5.74, 6) is -0.867. The number of fused-ring (bicyclic) bond motifs is 1. The van der Waals surface area contributed by atoms with Crippen molar-refractivity contribution in [3.05, 3.63) is 69.9 Å². The van der Waals surface area contributed by atoms with Crippen LogP contribution in [-0.4, -0.2) is 50.0 Å². The summed E-state index contributed by atoms with van der Waals surface area (Å²) in [7, 11) is 3.48. The second-order valence-electron chi connectivity index (χ2n) is 9.32. The number of hydrogen-bond donors (Lipinski definition) is 1. The Morgan fingerprint density at radius 2 is 1.97 bits per heavy atom. The van der Waals surface area contributed by atoms with Gasteiger partial charge in [0.25, 0.3) is 5.91 Å². The Kier molecular flexibility index (Phi) is 8.03. The summed E-state index contributed by atoms with van der Waals surface area (Å²) >= 11 is 6.45. The van der Waals surface area contributed by atoms with E-state index in [1.807, 2.05) is 61.0 Å². The third-order valence-electron chi connectivity index (χ3n) is 6.91. The van der Waals surface area contributed by atoms with Crippen molar-refractivity contribution in [2.75, 3.05) is 33.5 Å². The number of benzene rings is 2. The SMILES string of the molecule is CCOC(=O)C(CCOC)c1ccc(C2(NC(=O)c3cc4c(Cl)cc(C)cc4n3C)CCOC2)cc1. The van der Waals surface area contributed by atoms with Gasteiger partial charge >= 0.3 is 5.97 Å². The number of aryl methyl sites for hydroxylation is 2. The maximum Gasteiger partial charge on any atom is 0.313 e. The maximum atomic E-state index is 13.5. The molecule has 192 valence electrons. The Hall–Kier alpha value is -2.87. The van der Waals surface area contributed by atoms with Gasteiger partial charge in [-0.15, -0.1) is 0 Å². The van der Waals surface area contributed by atoms with E-state index in [1.165, 1.54) is 0 Å². The van der Waals surface area contributed by atoms with Crippen LogP contribution in [0.25, 0.3) is 10.9 Å². The molecule has 2 heterocycles. The number of carbonyl (C=O) groups excluding carboxylic acids is 2. The number of methoxy groups -OCH3 is 1. The summed E-state index contributed by atoms with van der Waals surface area (Å²) < 4.78 is 18.1. The quantitative estimate of drug-likeness (QED) is 0.414. The Morgan fingerprint density at radius 3 is 2.61 bits per heavy atom. The predicted molar refractivity (Wildman–Crippen MR) is 140 cm³/mol. The van der Waals surface area contributed by atoms with Crippen LogP contribution in [0.15, 0.2) is 42.5 Å². The largest absolute Gasteiger partial charge is 0.466 e. The smallest absolute Gasteiger partial charge is 0.313 e. The molecule has 1 fully saturated rings. The fourth-order valence-corrected chi connectivity index (χ4v) is 5.24. The van der Waals surface area contributed by atoms with Crippen LogP contribution in [0.4, 0.5) is 0 Å². The molecule has 1 amide bonds. The fourth-order valence-electron chi connectivity index (χ4n) is 4.91. The third kappa shape index (κ3) is 5.14. The van der Waals surface area contributed by atoms with Gasteiger partial charge in [0.2, 0.25) is 0 Å². The van der Waals surface area contributed by atoms with Crippen molar-refractivity contribution in [3.8, 4) is 0 Å². The number of ether oxygens (including phenoxy) is 3. The molecular weight excluding hydrogens is 480 g/mol. The molecule has 3 aromatic rings. The molecular formula is C28H33ClN2O5. The second kappa shape index (κ2) is 11.0. The summed E-state index contributed by atoms with van der Waals surface area (Å²) in [5.41, 5.74) is 3.59. The molecule has 1 aliphatic rings. The van der Waals surface area contributed by atoms with Gasteiger partial charge in [-0.2, -0.15) is 0 Å². The number of nitrogens with zero attached hydrogens (tertiary/aromatic N) is 1. The molecule has 0 bridgehead atoms. The first-order chi connectivity index (χ1) is 17.3. The predicted octanol–water partition coefficient (Wildman–Crippen LogP) is 4.87. The highest BCUT2D eigenvalue weighted by atomic mass is 35.5. The summed E-state index contributed by atoms with van der Waals surface area (Å²) in [4.78, 5) is 26.1. The number of nitrogens with one attached hydrogen (secondary N) is 1. The lowest BCUT2D eigenvalue weighted by atomic mass is 9.86. The summed E-state index contributed by atoms with van der Waals surface area (Å²) in [6, 6.07) is 13.5. The molecule has 2 atom stereocenters. The zero-order valence-electron chi connectivity index (χ0n) is 21.2. The van der Waals surface area contributed by atoms with Crippen LogP contribution in [0.1, 0.15) is 52.9 Å². The molecule has 2 unspecified atom stereocenters. The lowest BCUT2D eigenvalue weighted by Crippen LogP contribution is -2.47. The standard InChI is InChI=1S/C28H33ClN2O5/c1-5-36-27(33)21(10-12-34-4)19-6-8-20(9-7-19)28(11-13-35-17-28)30-26(32)25-16-22-23(29)14-18(2)15-24(22)31(25)3/h6-9,14-16,21H,5,10-13,17H2,1-4H3,(H,30,32). The first-order valence-electron chi connectivity index (χ1n) is 12.2. The van der Waals surface area contributed by atoms with E-state index >= 15 is 0 Å². The number of aromatic nitrogens is 1. The summed E-state index contributed by atoms with van der Waals surface area (Å²) in [5, 5.41) is 4.72. The second-order valence-corrected chi connectivity index (χ2v) is 9.72. The molecule has 2 aromatic carbocycles. The minimum atomic E-state index is -0.669. The van der Waals surface area contributed by atoms with Crippen LogP contribution in [0, 0.1) is 6.92 Å². The topological polar surface area (TPSA) is 78.8 Å². The molecule has 7 nitrogen and oxygen atoms in total. The molecule has 0 radical (unpaired) electrons. The number of carbonyl (C=O) groups is 2. The Balaban J connectivity index is 1.62. The molecule has 0 spiro atoms. The maximum absolute atomic E-state index is 13.5. The van der Waals surface area contributed by atoms with E-state index in [1.54, 1.807) is 14.0 Å². The molecule has 1 aromatic heterocycles. The molecule has 0 saturated carbocycles. The minimum Gasteiger partial charge on any atom is -0.466 e. The van der Waals surface area contributed by atoms with Gasteiger partial charge < -0.3 is 24.1 Å². The van der Waals surface area contributed by atoms with Gasteiger partial charge in [0, 0.05) is 39.2 Å². The van der Waals surface area contributed by atoms with Crippen molar-refractivity contribution in [1.82, 2.24) is 9.88 Å².